The van der Waals surface area contributed by atoms with Gasteiger partial charge < -0.3 is 20.2 Å². The average molecular weight is 414 g/mol. The van der Waals surface area contributed by atoms with Crippen molar-refractivity contribution in [3.8, 4) is 11.8 Å². The van der Waals surface area contributed by atoms with Crippen LogP contribution in [-0.2, 0) is 14.2 Å². The van der Waals surface area contributed by atoms with E-state index < -0.39 is 43.7 Å². The minimum atomic E-state index is -4.45. The van der Waals surface area contributed by atoms with E-state index in [-0.39, 0.29) is 24.3 Å². The van der Waals surface area contributed by atoms with E-state index >= 15 is 0 Å². The van der Waals surface area contributed by atoms with Gasteiger partial charge in [0.15, 0.2) is 0 Å². The highest BCUT2D eigenvalue weighted by atomic mass is 31.2. The minimum Gasteiger partial charge on any atom is -0.480 e. The minimum absolute atomic E-state index is 0.00348. The van der Waals surface area contributed by atoms with E-state index in [9.17, 15) is 23.7 Å². The molecule has 0 saturated carbocycles. The van der Waals surface area contributed by atoms with Crippen molar-refractivity contribution in [2.45, 2.75) is 38.8 Å². The first-order valence-electron chi connectivity index (χ1n) is 8.54. The zero-order valence-electron chi connectivity index (χ0n) is 15.6. The Balaban J connectivity index is 2.92. The van der Waals surface area contributed by atoms with Crippen LogP contribution in [0.15, 0.2) is 24.3 Å². The van der Waals surface area contributed by atoms with Crippen LogP contribution in [0.4, 0.5) is 4.39 Å². The summed E-state index contributed by atoms with van der Waals surface area (Å²) in [7, 11) is -4.45. The maximum atomic E-state index is 13.6. The summed E-state index contributed by atoms with van der Waals surface area (Å²) >= 11 is 0. The molecule has 0 spiro atoms. The van der Waals surface area contributed by atoms with Gasteiger partial charge in [0, 0.05) is 6.42 Å². The van der Waals surface area contributed by atoms with Gasteiger partial charge in [-0.25, -0.2) is 9.18 Å². The molecule has 0 aromatic heterocycles. The van der Waals surface area contributed by atoms with Crippen LogP contribution >= 0.6 is 7.60 Å². The number of rotatable bonds is 9. The molecule has 28 heavy (non-hydrogen) atoms. The topological polar surface area (TPSA) is 136 Å². The second-order valence-electron chi connectivity index (χ2n) is 6.59. The molecule has 8 nitrogen and oxygen atoms in total. The van der Waals surface area contributed by atoms with Gasteiger partial charge in [0.2, 0.25) is 5.91 Å². The fraction of sp³-hybridized carbons (Fsp3) is 0.444. The molecule has 0 fully saturated rings. The number of nitrogens with one attached hydrogen (secondary N) is 2. The normalized spacial score (nSPS) is 13.4. The molecule has 1 aromatic carbocycles. The van der Waals surface area contributed by atoms with E-state index in [1.807, 2.05) is 0 Å². The maximum Gasteiger partial charge on any atom is 0.339 e. The van der Waals surface area contributed by atoms with Crippen LogP contribution in [0.2, 0.25) is 0 Å². The lowest BCUT2D eigenvalue weighted by molar-refractivity contribution is -0.142. The van der Waals surface area contributed by atoms with Gasteiger partial charge in [-0.1, -0.05) is 37.8 Å². The molecule has 0 heterocycles. The Morgan fingerprint density at radius 2 is 1.86 bits per heavy atom. The lowest BCUT2D eigenvalue weighted by atomic mass is 10.0. The molecule has 5 N–H and O–H groups in total. The summed E-state index contributed by atoms with van der Waals surface area (Å²) in [6, 6.07) is 3.44. The van der Waals surface area contributed by atoms with Gasteiger partial charge in [0.1, 0.15) is 11.9 Å². The van der Waals surface area contributed by atoms with Crippen molar-refractivity contribution in [3.63, 3.8) is 0 Å². The molecule has 1 amide bonds. The monoisotopic (exact) mass is 414 g/mol. The molecule has 2 atom stereocenters. The Morgan fingerprint density at radius 1 is 1.21 bits per heavy atom. The zero-order chi connectivity index (χ0) is 21.3. The fourth-order valence-electron chi connectivity index (χ4n) is 2.26. The summed E-state index contributed by atoms with van der Waals surface area (Å²) < 4.78 is 24.7. The van der Waals surface area contributed by atoms with Gasteiger partial charge in [0.25, 0.3) is 0 Å². The van der Waals surface area contributed by atoms with E-state index in [1.165, 1.54) is 18.2 Å². The van der Waals surface area contributed by atoms with E-state index in [4.69, 9.17) is 9.79 Å². The van der Waals surface area contributed by atoms with Crippen LogP contribution in [-0.4, -0.2) is 45.1 Å². The van der Waals surface area contributed by atoms with E-state index in [0.29, 0.717) is 0 Å². The molecule has 1 aromatic rings. The quantitative estimate of drug-likeness (QED) is 0.303. The number of carboxylic acids is 1. The van der Waals surface area contributed by atoms with Crippen LogP contribution in [0.3, 0.4) is 0 Å². The second-order valence-corrected chi connectivity index (χ2v) is 8.24. The summed E-state index contributed by atoms with van der Waals surface area (Å²) in [6.45, 7) is 3.59. The largest absolute Gasteiger partial charge is 0.480 e. The Bertz CT molecular complexity index is 799. The van der Waals surface area contributed by atoms with Crippen LogP contribution in [0.5, 0.6) is 0 Å². The number of aliphatic carboxylic acids is 1. The number of carboxylic acid groups (broad SMARTS) is 1. The number of carbonyl (C=O) groups is 2. The smallest absolute Gasteiger partial charge is 0.339 e. The van der Waals surface area contributed by atoms with Crippen LogP contribution in [0, 0.1) is 23.6 Å². The maximum absolute atomic E-state index is 13.6. The van der Waals surface area contributed by atoms with Crippen LogP contribution in [0.25, 0.3) is 0 Å². The predicted octanol–water partition coefficient (Wildman–Crippen LogP) is 1.28. The molecule has 0 aliphatic heterocycles. The van der Waals surface area contributed by atoms with Gasteiger partial charge in [-0.2, -0.15) is 0 Å². The number of benzene rings is 1. The van der Waals surface area contributed by atoms with Crippen molar-refractivity contribution in [1.82, 2.24) is 10.6 Å². The first-order valence-corrected chi connectivity index (χ1v) is 10.3. The Labute approximate surface area is 162 Å². The van der Waals surface area contributed by atoms with E-state index in [1.54, 1.807) is 19.9 Å². The van der Waals surface area contributed by atoms with E-state index in [2.05, 4.69) is 22.5 Å². The van der Waals surface area contributed by atoms with Gasteiger partial charge in [-0.15, -0.1) is 0 Å². The summed E-state index contributed by atoms with van der Waals surface area (Å²) in [6.07, 6.45) is -0.796. The Morgan fingerprint density at radius 3 is 2.39 bits per heavy atom. The molecule has 10 heteroatoms. The number of hydrogen-bond acceptors (Lipinski definition) is 4. The standard InChI is InChI=1S/C18H24FN2O6P/c1-12(2)10-16(18(23)24)21-17(22)15(20-11-28(25,26)27)9-5-7-13-6-3-4-8-14(13)19/h3-4,6,8,12,15-16,20H,9-11H2,1-2H3,(H,21,22)(H,23,24)(H2,25,26,27)/t15?,16-/m0/s1. The third-order valence-corrected chi connectivity index (χ3v) is 4.18. The highest BCUT2D eigenvalue weighted by Crippen LogP contribution is 2.32. The molecule has 0 saturated heterocycles. The lowest BCUT2D eigenvalue weighted by Gasteiger charge is -2.21. The van der Waals surface area contributed by atoms with E-state index in [0.717, 1.165) is 0 Å². The van der Waals surface area contributed by atoms with Gasteiger partial charge in [-0.3, -0.25) is 14.7 Å². The average Bonchev–Trinajstić information content (AvgIpc) is 2.57. The molecular weight excluding hydrogens is 390 g/mol. The third-order valence-electron chi connectivity index (χ3n) is 3.58. The Kier molecular flexibility index (Phi) is 9.29. The van der Waals surface area contributed by atoms with Crippen molar-refractivity contribution in [3.05, 3.63) is 35.6 Å². The summed E-state index contributed by atoms with van der Waals surface area (Å²) in [5.41, 5.74) is 0.111. The first-order chi connectivity index (χ1) is 13.0. The summed E-state index contributed by atoms with van der Waals surface area (Å²) in [4.78, 5) is 41.8. The molecule has 1 rings (SSSR count). The molecule has 1 unspecified atom stereocenters. The van der Waals surface area contributed by atoms with Crippen molar-refractivity contribution < 1.29 is 33.4 Å². The lowest BCUT2D eigenvalue weighted by Crippen LogP contribution is -2.50. The second kappa shape index (κ2) is 10.9. The van der Waals surface area contributed by atoms with Crippen LogP contribution in [0.1, 0.15) is 32.3 Å². The number of amides is 1. The summed E-state index contributed by atoms with van der Waals surface area (Å²) in [5.74, 6) is 2.63. The molecule has 0 aliphatic rings. The fourth-order valence-corrected chi connectivity index (χ4v) is 2.72. The summed E-state index contributed by atoms with van der Waals surface area (Å²) in [5, 5.41) is 14.0. The third kappa shape index (κ3) is 9.11. The SMILES string of the molecule is CC(C)C[C@H](NC(=O)C(CC#Cc1ccccc1F)NCP(=O)(O)O)C(=O)O. The number of carbonyl (C=O) groups excluding carboxylic acids is 1. The highest BCUT2D eigenvalue weighted by Gasteiger charge is 2.27. The zero-order valence-corrected chi connectivity index (χ0v) is 16.4. The first kappa shape index (κ1) is 23.8. The van der Waals surface area contributed by atoms with Gasteiger partial charge in [0.05, 0.1) is 17.9 Å². The molecule has 0 aliphatic carbocycles. The van der Waals surface area contributed by atoms with Gasteiger partial charge >= 0.3 is 13.6 Å². The van der Waals surface area contributed by atoms with Crippen molar-refractivity contribution in [2.24, 2.45) is 5.92 Å². The van der Waals surface area contributed by atoms with Crippen molar-refractivity contribution in [1.29, 1.82) is 0 Å². The van der Waals surface area contributed by atoms with Crippen LogP contribution < -0.4 is 10.6 Å². The Hall–Kier alpha value is -2.24. The molecular formula is C18H24FN2O6P. The van der Waals surface area contributed by atoms with Crippen molar-refractivity contribution >= 4 is 19.5 Å². The molecule has 0 radical (unpaired) electrons. The van der Waals surface area contributed by atoms with Crippen molar-refractivity contribution in [2.75, 3.05) is 6.29 Å². The number of hydrogen-bond donors (Lipinski definition) is 5. The molecule has 154 valence electrons. The number of halogens is 1. The predicted molar refractivity (Wildman–Crippen MR) is 101 cm³/mol. The molecule has 0 bridgehead atoms. The van der Waals surface area contributed by atoms with Gasteiger partial charge in [-0.05, 0) is 24.5 Å². The highest BCUT2D eigenvalue weighted by molar-refractivity contribution is 7.51.